The molecule has 1 aliphatic rings. The molecular weight excluding hydrogens is 440 g/mol. The van der Waals surface area contributed by atoms with Crippen LogP contribution >= 0.6 is 27.3 Å². The third kappa shape index (κ3) is 5.37. The highest BCUT2D eigenvalue weighted by Crippen LogP contribution is 2.37. The number of allylic oxidation sites excluding steroid dienone is 4. The van der Waals surface area contributed by atoms with Crippen molar-refractivity contribution in [3.05, 3.63) is 51.4 Å². The van der Waals surface area contributed by atoms with E-state index in [1.807, 2.05) is 6.08 Å². The molecule has 7 heteroatoms. The van der Waals surface area contributed by atoms with Crippen LogP contribution in [0.1, 0.15) is 35.8 Å². The summed E-state index contributed by atoms with van der Waals surface area (Å²) in [5.74, 6) is 2.57. The maximum absolute atomic E-state index is 12.4. The van der Waals surface area contributed by atoms with E-state index in [0.717, 1.165) is 20.5 Å². The first-order valence-electron chi connectivity index (χ1n) is 8.90. The molecule has 0 atom stereocenters. The van der Waals surface area contributed by atoms with Gasteiger partial charge >= 0.3 is 6.09 Å². The van der Waals surface area contributed by atoms with Gasteiger partial charge in [-0.05, 0) is 30.9 Å². The van der Waals surface area contributed by atoms with Gasteiger partial charge in [0.2, 0.25) is 5.91 Å². The summed E-state index contributed by atoms with van der Waals surface area (Å²) in [5, 5.41) is 3.59. The number of fused-ring (bicyclic) bond motifs is 1. The van der Waals surface area contributed by atoms with Crippen molar-refractivity contribution in [2.75, 3.05) is 18.5 Å². The van der Waals surface area contributed by atoms with Gasteiger partial charge in [-0.2, -0.15) is 0 Å². The number of hydrogen-bond acceptors (Lipinski definition) is 4. The predicted molar refractivity (Wildman–Crippen MR) is 118 cm³/mol. The van der Waals surface area contributed by atoms with Crippen molar-refractivity contribution in [3.8, 4) is 12.3 Å². The first kappa shape index (κ1) is 22.0. The van der Waals surface area contributed by atoms with Gasteiger partial charge in [0, 0.05) is 22.3 Å². The molecule has 0 saturated carbocycles. The molecule has 2 rings (SSSR count). The van der Waals surface area contributed by atoms with Gasteiger partial charge < -0.3 is 15.0 Å². The van der Waals surface area contributed by atoms with Crippen molar-refractivity contribution >= 4 is 44.3 Å². The second-order valence-electron chi connectivity index (χ2n) is 6.10. The SMILES string of the molecule is C#Cc1c(NC(=O)CC/C(=C/C=C)C(=C)Br)sc2c1CCN(C(=O)OCC)C2. The number of nitrogens with zero attached hydrogens (tertiary/aromatic N) is 1. The average Bonchev–Trinajstić information content (AvgIpc) is 3.00. The number of carbonyl (C=O) groups is 2. The Morgan fingerprint density at radius 3 is 2.82 bits per heavy atom. The normalized spacial score (nSPS) is 13.3. The molecule has 0 saturated heterocycles. The van der Waals surface area contributed by atoms with Crippen LogP contribution in [0.15, 0.2) is 35.4 Å². The number of hydrogen-bond donors (Lipinski definition) is 1. The topological polar surface area (TPSA) is 58.6 Å². The molecule has 0 aromatic carbocycles. The van der Waals surface area contributed by atoms with E-state index in [9.17, 15) is 9.59 Å². The zero-order valence-corrected chi connectivity index (χ0v) is 18.2. The quantitative estimate of drug-likeness (QED) is 0.458. The third-order valence-corrected chi connectivity index (χ3v) is 5.91. The summed E-state index contributed by atoms with van der Waals surface area (Å²) in [7, 11) is 0. The van der Waals surface area contributed by atoms with Gasteiger partial charge in [0.25, 0.3) is 0 Å². The van der Waals surface area contributed by atoms with Gasteiger partial charge in [-0.1, -0.05) is 47.2 Å². The summed E-state index contributed by atoms with van der Waals surface area (Å²) in [6.07, 6.45) is 10.3. The van der Waals surface area contributed by atoms with E-state index in [1.54, 1.807) is 17.9 Å². The first-order chi connectivity index (χ1) is 13.4. The van der Waals surface area contributed by atoms with Crippen molar-refractivity contribution < 1.29 is 14.3 Å². The Labute approximate surface area is 178 Å². The molecule has 0 fully saturated rings. The van der Waals surface area contributed by atoms with Crippen LogP contribution in [0.4, 0.5) is 9.80 Å². The fourth-order valence-corrected chi connectivity index (χ4v) is 4.48. The van der Waals surface area contributed by atoms with Crippen molar-refractivity contribution in [2.24, 2.45) is 0 Å². The standard InChI is InChI=1S/C21H23BrN2O3S/c1-5-8-15(14(4)22)9-10-19(25)23-20-16(6-2)17-11-12-24(13-18(17)28-20)21(26)27-7-3/h2,5,8H,1,4,7,9-13H2,3H3,(H,23,25)/b15-8-. The van der Waals surface area contributed by atoms with Gasteiger partial charge in [-0.15, -0.1) is 17.8 Å². The third-order valence-electron chi connectivity index (χ3n) is 4.27. The van der Waals surface area contributed by atoms with E-state index in [0.29, 0.717) is 49.5 Å². The fraction of sp³-hybridized carbons (Fsp3) is 0.333. The van der Waals surface area contributed by atoms with Crippen LogP contribution in [0.2, 0.25) is 0 Å². The maximum atomic E-state index is 12.4. The molecule has 1 aromatic heterocycles. The fourth-order valence-electron chi connectivity index (χ4n) is 2.90. The molecule has 1 N–H and O–H groups in total. The number of nitrogens with one attached hydrogen (secondary N) is 1. The number of carbonyl (C=O) groups excluding carboxylic acids is 2. The monoisotopic (exact) mass is 462 g/mol. The molecule has 2 amide bonds. The number of thiophene rings is 1. The number of anilines is 1. The van der Waals surface area contributed by atoms with Crippen molar-refractivity contribution in [1.29, 1.82) is 0 Å². The van der Waals surface area contributed by atoms with Crippen molar-refractivity contribution in [3.63, 3.8) is 0 Å². The van der Waals surface area contributed by atoms with E-state index in [2.05, 4.69) is 40.3 Å². The lowest BCUT2D eigenvalue weighted by Crippen LogP contribution is -2.35. The minimum absolute atomic E-state index is 0.124. The highest BCUT2D eigenvalue weighted by Gasteiger charge is 2.27. The van der Waals surface area contributed by atoms with Gasteiger partial charge in [-0.3, -0.25) is 4.79 Å². The van der Waals surface area contributed by atoms with E-state index in [1.165, 1.54) is 11.3 Å². The summed E-state index contributed by atoms with van der Waals surface area (Å²) in [6, 6.07) is 0. The molecule has 0 aliphatic carbocycles. The van der Waals surface area contributed by atoms with E-state index in [-0.39, 0.29) is 12.0 Å². The van der Waals surface area contributed by atoms with Crippen LogP contribution in [0, 0.1) is 12.3 Å². The molecule has 1 aromatic rings. The average molecular weight is 463 g/mol. The zero-order valence-electron chi connectivity index (χ0n) is 15.8. The second-order valence-corrected chi connectivity index (χ2v) is 8.17. The first-order valence-corrected chi connectivity index (χ1v) is 10.5. The number of ether oxygens (including phenoxy) is 1. The largest absolute Gasteiger partial charge is 0.450 e. The van der Waals surface area contributed by atoms with E-state index in [4.69, 9.17) is 11.2 Å². The zero-order chi connectivity index (χ0) is 20.7. The van der Waals surface area contributed by atoms with E-state index >= 15 is 0 Å². The molecule has 2 heterocycles. The molecule has 0 bridgehead atoms. The smallest absolute Gasteiger partial charge is 0.410 e. The van der Waals surface area contributed by atoms with Crippen molar-refractivity contribution in [1.82, 2.24) is 4.90 Å². The van der Waals surface area contributed by atoms with Crippen LogP contribution in [0.3, 0.4) is 0 Å². The highest BCUT2D eigenvalue weighted by atomic mass is 79.9. The molecular formula is C21H23BrN2O3S. The number of terminal acetylenes is 1. The van der Waals surface area contributed by atoms with E-state index < -0.39 is 0 Å². The molecule has 5 nitrogen and oxygen atoms in total. The van der Waals surface area contributed by atoms with Gasteiger partial charge in [-0.25, -0.2) is 4.79 Å². The van der Waals surface area contributed by atoms with Crippen molar-refractivity contribution in [2.45, 2.75) is 32.7 Å². The summed E-state index contributed by atoms with van der Waals surface area (Å²) in [4.78, 5) is 27.1. The van der Waals surface area contributed by atoms with Gasteiger partial charge in [0.1, 0.15) is 5.00 Å². The van der Waals surface area contributed by atoms with Crippen LogP contribution in [-0.4, -0.2) is 30.1 Å². The summed E-state index contributed by atoms with van der Waals surface area (Å²) < 4.78 is 5.81. The summed E-state index contributed by atoms with van der Waals surface area (Å²) in [6.45, 7) is 10.6. The Hall–Kier alpha value is -2.30. The Kier molecular flexibility index (Phi) is 8.09. The van der Waals surface area contributed by atoms with Crippen LogP contribution < -0.4 is 5.32 Å². The highest BCUT2D eigenvalue weighted by molar-refractivity contribution is 9.11. The Morgan fingerprint density at radius 2 is 2.21 bits per heavy atom. The number of amides is 2. The molecule has 1 aliphatic heterocycles. The molecule has 0 spiro atoms. The summed E-state index contributed by atoms with van der Waals surface area (Å²) in [5.41, 5.74) is 2.66. The maximum Gasteiger partial charge on any atom is 0.410 e. The Balaban J connectivity index is 2.09. The van der Waals surface area contributed by atoms with Crippen LogP contribution in [-0.2, 0) is 22.5 Å². The van der Waals surface area contributed by atoms with Gasteiger partial charge in [0.15, 0.2) is 0 Å². The molecule has 148 valence electrons. The lowest BCUT2D eigenvalue weighted by Gasteiger charge is -2.26. The Morgan fingerprint density at radius 1 is 1.46 bits per heavy atom. The van der Waals surface area contributed by atoms with Crippen LogP contribution in [0.25, 0.3) is 0 Å². The predicted octanol–water partition coefficient (Wildman–Crippen LogP) is 4.98. The molecule has 0 unspecified atom stereocenters. The number of halogens is 1. The molecule has 28 heavy (non-hydrogen) atoms. The summed E-state index contributed by atoms with van der Waals surface area (Å²) >= 11 is 4.76. The minimum atomic E-state index is -0.328. The lowest BCUT2D eigenvalue weighted by molar-refractivity contribution is -0.116. The second kappa shape index (κ2) is 10.3. The lowest BCUT2D eigenvalue weighted by atomic mass is 10.0. The number of rotatable bonds is 7. The minimum Gasteiger partial charge on any atom is -0.450 e. The molecule has 0 radical (unpaired) electrons. The van der Waals surface area contributed by atoms with Crippen LogP contribution in [0.5, 0.6) is 0 Å². The van der Waals surface area contributed by atoms with Gasteiger partial charge in [0.05, 0.1) is 18.7 Å². The Bertz CT molecular complexity index is 864.